The molecule has 0 aliphatic carbocycles. The molecule has 0 aromatic heterocycles. The summed E-state index contributed by atoms with van der Waals surface area (Å²) in [5.41, 5.74) is 1.39. The summed E-state index contributed by atoms with van der Waals surface area (Å²) in [6.07, 6.45) is 0. The highest BCUT2D eigenvalue weighted by molar-refractivity contribution is 9.10. The Bertz CT molecular complexity index is 660. The van der Waals surface area contributed by atoms with E-state index >= 15 is 0 Å². The molecular weight excluding hydrogens is 427 g/mol. The molecule has 0 saturated heterocycles. The van der Waals surface area contributed by atoms with Crippen LogP contribution in [-0.4, -0.2) is 0 Å². The van der Waals surface area contributed by atoms with Gasteiger partial charge in [-0.25, -0.2) is 0 Å². The Hall–Kier alpha value is 0.170. The minimum atomic E-state index is 0.385. The van der Waals surface area contributed by atoms with Crippen LogP contribution in [0.15, 0.2) is 28.7 Å². The SMILES string of the molecule is Clc1ccc(Cl)c(CNc2ccc(Br)c(Cl)c2Cl)c1Cl. The number of benzene rings is 2. The van der Waals surface area contributed by atoms with Gasteiger partial charge in [0.2, 0.25) is 0 Å². The molecule has 0 heterocycles. The molecule has 0 atom stereocenters. The van der Waals surface area contributed by atoms with Gasteiger partial charge >= 0.3 is 0 Å². The zero-order valence-corrected chi connectivity index (χ0v) is 15.1. The van der Waals surface area contributed by atoms with Crippen LogP contribution in [0.5, 0.6) is 0 Å². The van der Waals surface area contributed by atoms with Crippen molar-refractivity contribution in [2.45, 2.75) is 6.54 Å². The highest BCUT2D eigenvalue weighted by Crippen LogP contribution is 2.37. The summed E-state index contributed by atoms with van der Waals surface area (Å²) >= 11 is 33.8. The Balaban J connectivity index is 2.26. The van der Waals surface area contributed by atoms with Crippen LogP contribution in [0.25, 0.3) is 0 Å². The first-order chi connectivity index (χ1) is 9.41. The lowest BCUT2D eigenvalue weighted by Gasteiger charge is -2.13. The average molecular weight is 434 g/mol. The van der Waals surface area contributed by atoms with Crippen molar-refractivity contribution in [3.63, 3.8) is 0 Å². The van der Waals surface area contributed by atoms with E-state index in [1.165, 1.54) is 0 Å². The minimum absolute atomic E-state index is 0.385. The Morgan fingerprint density at radius 1 is 0.800 bits per heavy atom. The second-order valence-corrected chi connectivity index (χ2v) is 6.70. The Kier molecular flexibility index (Phi) is 5.75. The van der Waals surface area contributed by atoms with Gasteiger partial charge in [-0.3, -0.25) is 0 Å². The molecular formula is C13H7BrCl5N. The van der Waals surface area contributed by atoms with Crippen molar-refractivity contribution in [3.8, 4) is 0 Å². The van der Waals surface area contributed by atoms with Gasteiger partial charge in [0.05, 0.1) is 25.8 Å². The summed E-state index contributed by atoms with van der Waals surface area (Å²) in [5, 5.41) is 5.42. The first-order valence-electron chi connectivity index (χ1n) is 5.41. The topological polar surface area (TPSA) is 12.0 Å². The largest absolute Gasteiger partial charge is 0.380 e. The second-order valence-electron chi connectivity index (χ2n) is 3.90. The van der Waals surface area contributed by atoms with Crippen LogP contribution in [0.3, 0.4) is 0 Å². The van der Waals surface area contributed by atoms with E-state index in [9.17, 15) is 0 Å². The monoisotopic (exact) mass is 431 g/mol. The van der Waals surface area contributed by atoms with Gasteiger partial charge in [0, 0.05) is 21.6 Å². The van der Waals surface area contributed by atoms with Crippen LogP contribution >= 0.6 is 73.9 Å². The standard InChI is InChI=1S/C13H7BrCl5N/c14-7-1-4-10(13(19)12(7)18)20-5-6-8(15)2-3-9(16)11(6)17/h1-4,20H,5H2. The summed E-state index contributed by atoms with van der Waals surface area (Å²) < 4.78 is 0.730. The predicted molar refractivity (Wildman–Crippen MR) is 93.0 cm³/mol. The fourth-order valence-electron chi connectivity index (χ4n) is 1.58. The summed E-state index contributed by atoms with van der Waals surface area (Å²) in [4.78, 5) is 0. The van der Waals surface area contributed by atoms with Crippen molar-refractivity contribution < 1.29 is 0 Å². The van der Waals surface area contributed by atoms with E-state index in [-0.39, 0.29) is 0 Å². The molecule has 7 heteroatoms. The number of hydrogen-bond acceptors (Lipinski definition) is 1. The van der Waals surface area contributed by atoms with Crippen molar-refractivity contribution in [2.24, 2.45) is 0 Å². The molecule has 0 saturated carbocycles. The van der Waals surface area contributed by atoms with Crippen LogP contribution < -0.4 is 5.32 Å². The molecule has 0 radical (unpaired) electrons. The Morgan fingerprint density at radius 3 is 2.15 bits per heavy atom. The van der Waals surface area contributed by atoms with Gasteiger partial charge in [0.15, 0.2) is 0 Å². The summed E-state index contributed by atoms with van der Waals surface area (Å²) in [5.74, 6) is 0. The lowest BCUT2D eigenvalue weighted by molar-refractivity contribution is 1.15. The van der Waals surface area contributed by atoms with Crippen LogP contribution in [-0.2, 0) is 6.54 Å². The van der Waals surface area contributed by atoms with E-state index in [1.807, 2.05) is 6.07 Å². The third-order valence-corrected chi connectivity index (χ3v) is 5.60. The molecule has 2 aromatic rings. The van der Waals surface area contributed by atoms with Gasteiger partial charge < -0.3 is 5.32 Å². The molecule has 0 amide bonds. The highest BCUT2D eigenvalue weighted by atomic mass is 79.9. The zero-order valence-electron chi connectivity index (χ0n) is 9.78. The zero-order chi connectivity index (χ0) is 14.9. The first-order valence-corrected chi connectivity index (χ1v) is 8.10. The van der Waals surface area contributed by atoms with E-state index in [4.69, 9.17) is 58.0 Å². The van der Waals surface area contributed by atoms with Crippen molar-refractivity contribution in [3.05, 3.63) is 59.4 Å². The first kappa shape index (κ1) is 16.5. The third-order valence-electron chi connectivity index (χ3n) is 2.63. The quantitative estimate of drug-likeness (QED) is 0.394. The number of anilines is 1. The van der Waals surface area contributed by atoms with Gasteiger partial charge in [-0.15, -0.1) is 0 Å². The normalized spacial score (nSPS) is 10.7. The van der Waals surface area contributed by atoms with Crippen LogP contribution in [0, 0.1) is 0 Å². The van der Waals surface area contributed by atoms with E-state index < -0.39 is 0 Å². The summed E-state index contributed by atoms with van der Waals surface area (Å²) in [6.45, 7) is 0.385. The molecule has 0 aliphatic rings. The van der Waals surface area contributed by atoms with Gasteiger partial charge in [-0.05, 0) is 40.2 Å². The summed E-state index contributed by atoms with van der Waals surface area (Å²) in [7, 11) is 0. The molecule has 0 unspecified atom stereocenters. The lowest BCUT2D eigenvalue weighted by atomic mass is 10.2. The maximum atomic E-state index is 6.16. The maximum absolute atomic E-state index is 6.16. The molecule has 0 fully saturated rings. The van der Waals surface area contributed by atoms with E-state index in [0.29, 0.717) is 42.9 Å². The van der Waals surface area contributed by atoms with E-state index in [1.54, 1.807) is 18.2 Å². The molecule has 1 N–H and O–H groups in total. The minimum Gasteiger partial charge on any atom is -0.380 e. The Labute approximate surface area is 150 Å². The van der Waals surface area contributed by atoms with Crippen molar-refractivity contribution in [2.75, 3.05) is 5.32 Å². The fraction of sp³-hybridized carbons (Fsp3) is 0.0769. The van der Waals surface area contributed by atoms with Gasteiger partial charge in [0.1, 0.15) is 0 Å². The number of hydrogen-bond donors (Lipinski definition) is 1. The van der Waals surface area contributed by atoms with E-state index in [2.05, 4.69) is 21.2 Å². The van der Waals surface area contributed by atoms with Gasteiger partial charge in [-0.1, -0.05) is 58.0 Å². The lowest BCUT2D eigenvalue weighted by Crippen LogP contribution is -2.02. The van der Waals surface area contributed by atoms with Crippen molar-refractivity contribution in [1.82, 2.24) is 0 Å². The van der Waals surface area contributed by atoms with Crippen molar-refractivity contribution in [1.29, 1.82) is 0 Å². The molecule has 2 aromatic carbocycles. The molecule has 1 nitrogen and oxygen atoms in total. The second kappa shape index (κ2) is 6.95. The number of rotatable bonds is 3. The predicted octanol–water partition coefficient (Wildman–Crippen LogP) is 7.33. The Morgan fingerprint density at radius 2 is 1.45 bits per heavy atom. The summed E-state index contributed by atoms with van der Waals surface area (Å²) in [6, 6.07) is 6.96. The number of nitrogens with one attached hydrogen (secondary N) is 1. The number of halogens is 6. The maximum Gasteiger partial charge on any atom is 0.0835 e. The molecule has 0 aliphatic heterocycles. The fourth-order valence-corrected chi connectivity index (χ4v) is 3.10. The van der Waals surface area contributed by atoms with Crippen LogP contribution in [0.2, 0.25) is 25.1 Å². The smallest absolute Gasteiger partial charge is 0.0835 e. The molecule has 106 valence electrons. The molecule has 20 heavy (non-hydrogen) atoms. The molecule has 0 spiro atoms. The van der Waals surface area contributed by atoms with Crippen LogP contribution in [0.4, 0.5) is 5.69 Å². The van der Waals surface area contributed by atoms with E-state index in [0.717, 1.165) is 4.47 Å². The molecule has 2 rings (SSSR count). The van der Waals surface area contributed by atoms with Crippen molar-refractivity contribution >= 4 is 79.6 Å². The van der Waals surface area contributed by atoms with Gasteiger partial charge in [0.25, 0.3) is 0 Å². The molecule has 0 bridgehead atoms. The third kappa shape index (κ3) is 3.49. The van der Waals surface area contributed by atoms with Crippen LogP contribution in [0.1, 0.15) is 5.56 Å². The average Bonchev–Trinajstić information content (AvgIpc) is 2.42. The highest BCUT2D eigenvalue weighted by Gasteiger charge is 2.12. The van der Waals surface area contributed by atoms with Gasteiger partial charge in [-0.2, -0.15) is 0 Å².